The predicted octanol–water partition coefficient (Wildman–Crippen LogP) is 4.27. The van der Waals surface area contributed by atoms with Crippen LogP contribution in [-0.2, 0) is 4.79 Å². The molecule has 1 atom stereocenters. The lowest BCUT2D eigenvalue weighted by molar-refractivity contribution is -0.129. The molecule has 0 saturated carbocycles. The van der Waals surface area contributed by atoms with Crippen LogP contribution in [0.5, 0.6) is 0 Å². The van der Waals surface area contributed by atoms with Gasteiger partial charge in [0.05, 0.1) is 16.5 Å². The first-order valence-corrected chi connectivity index (χ1v) is 9.01. The van der Waals surface area contributed by atoms with Crippen LogP contribution in [0.15, 0.2) is 53.1 Å². The maximum atomic E-state index is 14.4. The average molecular weight is 359 g/mol. The van der Waals surface area contributed by atoms with Crippen molar-refractivity contribution in [3.8, 4) is 0 Å². The summed E-state index contributed by atoms with van der Waals surface area (Å²) in [5, 5.41) is 12.1. The van der Waals surface area contributed by atoms with Crippen molar-refractivity contribution in [2.75, 3.05) is 6.54 Å². The highest BCUT2D eigenvalue weighted by Crippen LogP contribution is 2.40. The van der Waals surface area contributed by atoms with Crippen LogP contribution >= 0.6 is 11.3 Å². The van der Waals surface area contributed by atoms with Crippen LogP contribution in [0, 0.1) is 5.82 Å². The highest BCUT2D eigenvalue weighted by atomic mass is 32.1. The fourth-order valence-electron chi connectivity index (χ4n) is 3.01. The number of hydrogen-bond acceptors (Lipinski definition) is 4. The number of rotatable bonds is 6. The first kappa shape index (κ1) is 17.4. The van der Waals surface area contributed by atoms with Gasteiger partial charge in [-0.1, -0.05) is 37.6 Å². The number of Topliss-reactive ketones (excluding diaryl/α,β-unsaturated/α-hetero) is 1. The number of carbonyl (C=O) groups excluding carboxylic acids is 2. The summed E-state index contributed by atoms with van der Waals surface area (Å²) in [6.45, 7) is 2.32. The van der Waals surface area contributed by atoms with E-state index in [4.69, 9.17) is 0 Å². The summed E-state index contributed by atoms with van der Waals surface area (Å²) in [4.78, 5) is 27.2. The minimum atomic E-state index is -0.908. The zero-order valence-corrected chi connectivity index (χ0v) is 14.6. The summed E-state index contributed by atoms with van der Waals surface area (Å²) < 4.78 is 14.4. The Balaban J connectivity index is 2.10. The molecular formula is C19H18FNO3S. The number of unbranched alkanes of at least 4 members (excludes halogenated alkanes) is 1. The Kier molecular flexibility index (Phi) is 4.99. The van der Waals surface area contributed by atoms with Crippen molar-refractivity contribution in [3.63, 3.8) is 0 Å². The Morgan fingerprint density at radius 1 is 1.28 bits per heavy atom. The first-order valence-electron chi connectivity index (χ1n) is 8.13. The average Bonchev–Trinajstić information content (AvgIpc) is 3.22. The van der Waals surface area contributed by atoms with Gasteiger partial charge in [-0.2, -0.15) is 0 Å². The number of hydrogen-bond donors (Lipinski definition) is 1. The van der Waals surface area contributed by atoms with E-state index in [1.165, 1.54) is 22.3 Å². The topological polar surface area (TPSA) is 57.6 Å². The Morgan fingerprint density at radius 3 is 2.68 bits per heavy atom. The lowest BCUT2D eigenvalue weighted by Gasteiger charge is -2.26. The van der Waals surface area contributed by atoms with E-state index in [1.807, 2.05) is 6.92 Å². The molecule has 6 heteroatoms. The largest absolute Gasteiger partial charge is 0.503 e. The van der Waals surface area contributed by atoms with Crippen LogP contribution in [-0.4, -0.2) is 28.2 Å². The molecule has 0 spiro atoms. The molecule has 0 saturated heterocycles. The number of aliphatic hydroxyl groups is 1. The summed E-state index contributed by atoms with van der Waals surface area (Å²) in [6, 6.07) is 8.49. The Bertz CT molecular complexity index is 829. The van der Waals surface area contributed by atoms with Gasteiger partial charge in [0, 0.05) is 12.1 Å². The van der Waals surface area contributed by atoms with Crippen LogP contribution in [0.3, 0.4) is 0 Å². The van der Waals surface area contributed by atoms with E-state index in [-0.39, 0.29) is 11.1 Å². The highest BCUT2D eigenvalue weighted by Gasteiger charge is 2.44. The molecular weight excluding hydrogens is 341 g/mol. The zero-order valence-electron chi connectivity index (χ0n) is 13.7. The van der Waals surface area contributed by atoms with E-state index in [1.54, 1.807) is 35.7 Å². The van der Waals surface area contributed by atoms with Gasteiger partial charge in [-0.15, -0.1) is 11.3 Å². The van der Waals surface area contributed by atoms with Crippen LogP contribution in [0.1, 0.15) is 41.0 Å². The van der Waals surface area contributed by atoms with E-state index in [0.29, 0.717) is 17.8 Å². The number of ketones is 1. The molecule has 1 aliphatic heterocycles. The van der Waals surface area contributed by atoms with Gasteiger partial charge in [0.2, 0.25) is 5.78 Å². The lowest BCUT2D eigenvalue weighted by atomic mass is 9.95. The zero-order chi connectivity index (χ0) is 18.0. The molecule has 1 N–H and O–H groups in total. The van der Waals surface area contributed by atoms with Crippen molar-refractivity contribution in [1.29, 1.82) is 0 Å². The van der Waals surface area contributed by atoms with Gasteiger partial charge in [-0.25, -0.2) is 4.39 Å². The molecule has 2 aromatic rings. The molecule has 0 radical (unpaired) electrons. The van der Waals surface area contributed by atoms with E-state index in [2.05, 4.69) is 0 Å². The van der Waals surface area contributed by atoms with Crippen molar-refractivity contribution in [2.24, 2.45) is 0 Å². The van der Waals surface area contributed by atoms with Gasteiger partial charge in [0.15, 0.2) is 5.76 Å². The fraction of sp³-hybridized carbons (Fsp3) is 0.263. The molecule has 4 nitrogen and oxygen atoms in total. The standard InChI is InChI=1S/C19H18FNO3S/c1-2-3-10-21-16(12-7-4-5-8-13(12)20)15(18(23)19(21)24)17(22)14-9-6-11-25-14/h4-9,11,16,23H,2-3,10H2,1H3. The van der Waals surface area contributed by atoms with Gasteiger partial charge < -0.3 is 10.0 Å². The monoisotopic (exact) mass is 359 g/mol. The van der Waals surface area contributed by atoms with Crippen LogP contribution in [0.4, 0.5) is 4.39 Å². The van der Waals surface area contributed by atoms with Crippen LogP contribution < -0.4 is 0 Å². The molecule has 1 aromatic carbocycles. The molecule has 1 aliphatic rings. The normalized spacial score (nSPS) is 17.4. The molecule has 0 fully saturated rings. The van der Waals surface area contributed by atoms with Crippen molar-refractivity contribution < 1.29 is 19.1 Å². The van der Waals surface area contributed by atoms with Gasteiger partial charge >= 0.3 is 0 Å². The number of amides is 1. The van der Waals surface area contributed by atoms with E-state index in [9.17, 15) is 19.1 Å². The second-order valence-electron chi connectivity index (χ2n) is 5.84. The highest BCUT2D eigenvalue weighted by molar-refractivity contribution is 7.12. The van der Waals surface area contributed by atoms with E-state index >= 15 is 0 Å². The molecule has 1 aromatic heterocycles. The van der Waals surface area contributed by atoms with Crippen LogP contribution in [0.25, 0.3) is 0 Å². The lowest BCUT2D eigenvalue weighted by Crippen LogP contribution is -2.32. The third-order valence-corrected chi connectivity index (χ3v) is 5.11. The molecule has 0 aliphatic carbocycles. The van der Waals surface area contributed by atoms with Gasteiger partial charge in [-0.05, 0) is 23.9 Å². The summed E-state index contributed by atoms with van der Waals surface area (Å²) >= 11 is 1.22. The molecule has 25 heavy (non-hydrogen) atoms. The summed E-state index contributed by atoms with van der Waals surface area (Å²) in [7, 11) is 0. The Hall–Kier alpha value is -2.47. The second-order valence-corrected chi connectivity index (χ2v) is 6.79. The SMILES string of the molecule is CCCCN1C(=O)C(O)=C(C(=O)c2cccs2)C1c1ccccc1F. The third-order valence-electron chi connectivity index (χ3n) is 4.25. The minimum absolute atomic E-state index is 0.0475. The summed E-state index contributed by atoms with van der Waals surface area (Å²) in [5.41, 5.74) is 0.171. The number of halogens is 1. The molecule has 1 unspecified atom stereocenters. The molecule has 3 rings (SSSR count). The number of nitrogens with zero attached hydrogens (tertiary/aromatic N) is 1. The second kappa shape index (κ2) is 7.19. The first-order chi connectivity index (χ1) is 12.1. The third kappa shape index (κ3) is 3.09. The number of aliphatic hydroxyl groups excluding tert-OH is 1. The summed E-state index contributed by atoms with van der Waals surface area (Å²) in [6.07, 6.45) is 1.53. The van der Waals surface area contributed by atoms with Gasteiger partial charge in [0.1, 0.15) is 5.82 Å². The van der Waals surface area contributed by atoms with Crippen LogP contribution in [0.2, 0.25) is 0 Å². The van der Waals surface area contributed by atoms with E-state index in [0.717, 1.165) is 6.42 Å². The van der Waals surface area contributed by atoms with Crippen molar-refractivity contribution in [2.45, 2.75) is 25.8 Å². The number of benzene rings is 1. The smallest absolute Gasteiger partial charge is 0.290 e. The molecule has 0 bridgehead atoms. The maximum Gasteiger partial charge on any atom is 0.290 e. The molecule has 1 amide bonds. The fourth-order valence-corrected chi connectivity index (χ4v) is 3.68. The van der Waals surface area contributed by atoms with Gasteiger partial charge in [0.25, 0.3) is 5.91 Å². The van der Waals surface area contributed by atoms with E-state index < -0.39 is 29.3 Å². The molecule has 2 heterocycles. The van der Waals surface area contributed by atoms with Crippen molar-refractivity contribution >= 4 is 23.0 Å². The Morgan fingerprint density at radius 2 is 2.04 bits per heavy atom. The summed E-state index contributed by atoms with van der Waals surface area (Å²) in [5.74, 6) is -2.15. The Labute approximate surface area is 149 Å². The van der Waals surface area contributed by atoms with Crippen molar-refractivity contribution in [3.05, 3.63) is 69.4 Å². The predicted molar refractivity (Wildman–Crippen MR) is 94.1 cm³/mol. The minimum Gasteiger partial charge on any atom is -0.503 e. The quantitative estimate of drug-likeness (QED) is 0.784. The van der Waals surface area contributed by atoms with Crippen molar-refractivity contribution in [1.82, 2.24) is 4.90 Å². The molecule has 130 valence electrons. The maximum absolute atomic E-state index is 14.4. The van der Waals surface area contributed by atoms with Gasteiger partial charge in [-0.3, -0.25) is 9.59 Å². The number of thiophene rings is 1. The number of carbonyl (C=O) groups is 2.